The topological polar surface area (TPSA) is 111 Å². The minimum absolute atomic E-state index is 0.0229. The van der Waals surface area contributed by atoms with Gasteiger partial charge in [0.1, 0.15) is 6.04 Å². The zero-order chi connectivity index (χ0) is 42.5. The molecule has 58 heavy (non-hydrogen) atoms. The van der Waals surface area contributed by atoms with Crippen molar-refractivity contribution in [3.63, 3.8) is 0 Å². The monoisotopic (exact) mass is 816 g/mol. The van der Waals surface area contributed by atoms with Crippen molar-refractivity contribution >= 4 is 46.2 Å². The van der Waals surface area contributed by atoms with Crippen molar-refractivity contribution < 1.29 is 23.9 Å². The van der Waals surface area contributed by atoms with E-state index in [1.807, 2.05) is 81.9 Å². The molecule has 7 unspecified atom stereocenters. The number of carbonyl (C=O) groups is 4. The molecule has 2 N–H and O–H groups in total. The smallest absolute Gasteiger partial charge is 0.245 e. The van der Waals surface area contributed by atoms with E-state index in [-0.39, 0.29) is 65.3 Å². The molecule has 1 aliphatic rings. The molecule has 10 nitrogen and oxygen atoms in total. The molecule has 7 atom stereocenters. The van der Waals surface area contributed by atoms with Crippen LogP contribution < -0.4 is 10.6 Å². The Hall–Kier alpha value is -3.93. The van der Waals surface area contributed by atoms with E-state index in [4.69, 9.17) is 4.74 Å². The summed E-state index contributed by atoms with van der Waals surface area (Å²) in [5.74, 6) is -0.498. The summed E-state index contributed by atoms with van der Waals surface area (Å²) in [6.45, 7) is 12.6. The number of thioether (sulfide) groups is 1. The van der Waals surface area contributed by atoms with Gasteiger partial charge in [-0.25, -0.2) is 0 Å². The van der Waals surface area contributed by atoms with Gasteiger partial charge in [-0.2, -0.15) is 0 Å². The number of hydrogen-bond acceptors (Lipinski definition) is 7. The molecule has 1 saturated heterocycles. The van der Waals surface area contributed by atoms with Gasteiger partial charge < -0.3 is 25.2 Å². The predicted molar refractivity (Wildman–Crippen MR) is 236 cm³/mol. The molecule has 3 aromatic rings. The Labute approximate surface area is 352 Å². The highest BCUT2D eigenvalue weighted by molar-refractivity contribution is 8.00. The van der Waals surface area contributed by atoms with Crippen LogP contribution in [0.2, 0.25) is 0 Å². The molecular formula is C47H69N5O5S. The number of amides is 4. The highest BCUT2D eigenvalue weighted by atomic mass is 32.2. The van der Waals surface area contributed by atoms with E-state index in [1.165, 1.54) is 5.39 Å². The standard InChI is InChI=1S/C47H69N5O5S/c1-11-33(6)45(51(9)47(56)43(31(2)3)49-46(55)44(32(4)5)50(7)8)39(57-10)30-42(54)52-27-17-22-37(52)24-26-40(53)48-41(28-34-18-13-12-14-19-34)58-38-25-23-35-20-15-16-21-36(35)29-38/h12-16,18-21,23,25,29,31-33,37,39,41,43-45H,11,17,22,24,26-28,30H2,1-10H3,(H,48,53)(H,49,55). The first-order chi connectivity index (χ1) is 27.6. The minimum Gasteiger partial charge on any atom is -0.379 e. The minimum atomic E-state index is -0.731. The third kappa shape index (κ3) is 12.8. The van der Waals surface area contributed by atoms with Crippen molar-refractivity contribution in [1.82, 2.24) is 25.3 Å². The maximum absolute atomic E-state index is 14.2. The molecule has 1 aliphatic heterocycles. The van der Waals surface area contributed by atoms with Crippen molar-refractivity contribution in [3.05, 3.63) is 78.4 Å². The van der Waals surface area contributed by atoms with E-state index >= 15 is 0 Å². The van der Waals surface area contributed by atoms with Crippen molar-refractivity contribution in [3.8, 4) is 0 Å². The molecule has 1 heterocycles. The number of nitrogens with zero attached hydrogens (tertiary/aromatic N) is 3. The lowest BCUT2D eigenvalue weighted by atomic mass is 9.89. The normalized spacial score (nSPS) is 17.5. The number of carbonyl (C=O) groups excluding carboxylic acids is 4. The number of likely N-dealkylation sites (tertiary alicyclic amines) is 1. The van der Waals surface area contributed by atoms with Gasteiger partial charge >= 0.3 is 0 Å². The lowest BCUT2D eigenvalue weighted by Gasteiger charge is -2.40. The molecule has 0 bridgehead atoms. The first-order valence-corrected chi connectivity index (χ1v) is 22.1. The first-order valence-electron chi connectivity index (χ1n) is 21.2. The fourth-order valence-corrected chi connectivity index (χ4v) is 9.63. The van der Waals surface area contributed by atoms with Crippen molar-refractivity contribution in [2.45, 2.75) is 127 Å². The predicted octanol–water partition coefficient (Wildman–Crippen LogP) is 7.39. The third-order valence-corrected chi connectivity index (χ3v) is 12.9. The van der Waals surface area contributed by atoms with Crippen LogP contribution in [0.5, 0.6) is 0 Å². The Morgan fingerprint density at radius 1 is 0.879 bits per heavy atom. The number of likely N-dealkylation sites (N-methyl/N-ethyl adjacent to an activating group) is 2. The first kappa shape index (κ1) is 46.8. The molecule has 3 aromatic carbocycles. The maximum Gasteiger partial charge on any atom is 0.245 e. The summed E-state index contributed by atoms with van der Waals surface area (Å²) >= 11 is 1.66. The molecular weight excluding hydrogens is 747 g/mol. The molecule has 0 aromatic heterocycles. The number of ether oxygens (including phenoxy) is 1. The van der Waals surface area contributed by atoms with Gasteiger partial charge in [-0.15, -0.1) is 11.8 Å². The van der Waals surface area contributed by atoms with Gasteiger partial charge in [-0.1, -0.05) is 109 Å². The van der Waals surface area contributed by atoms with Crippen LogP contribution in [0, 0.1) is 17.8 Å². The summed E-state index contributed by atoms with van der Waals surface area (Å²) in [5, 5.41) is 8.55. The quantitative estimate of drug-likeness (QED) is 0.0853. The van der Waals surface area contributed by atoms with Crippen LogP contribution >= 0.6 is 11.8 Å². The lowest BCUT2D eigenvalue weighted by molar-refractivity contribution is -0.146. The van der Waals surface area contributed by atoms with E-state index < -0.39 is 18.2 Å². The SMILES string of the molecule is CCC(C)C(C(CC(=O)N1CCCC1CCC(=O)NC(Cc1ccccc1)Sc1ccc2ccccc2c1)OC)N(C)C(=O)C(NC(=O)C(C(C)C)N(C)C)C(C)C. The molecule has 4 amide bonds. The second kappa shape index (κ2) is 22.4. The fourth-order valence-electron chi connectivity index (χ4n) is 8.49. The van der Waals surface area contributed by atoms with Gasteiger partial charge in [0, 0.05) is 44.5 Å². The Bertz CT molecular complexity index is 1780. The van der Waals surface area contributed by atoms with Gasteiger partial charge in [0.2, 0.25) is 23.6 Å². The second-order valence-corrected chi connectivity index (χ2v) is 18.3. The summed E-state index contributed by atoms with van der Waals surface area (Å²) in [6.07, 6.45) is 3.61. The van der Waals surface area contributed by atoms with E-state index in [0.29, 0.717) is 25.8 Å². The summed E-state index contributed by atoms with van der Waals surface area (Å²) in [7, 11) is 7.12. The second-order valence-electron chi connectivity index (χ2n) is 17.0. The molecule has 11 heteroatoms. The van der Waals surface area contributed by atoms with Gasteiger partial charge in [-0.05, 0) is 79.6 Å². The van der Waals surface area contributed by atoms with Gasteiger partial charge in [0.25, 0.3) is 0 Å². The Balaban J connectivity index is 1.42. The number of fused-ring (bicyclic) bond motifs is 1. The molecule has 0 aliphatic carbocycles. The van der Waals surface area contributed by atoms with Gasteiger partial charge in [0.15, 0.2) is 0 Å². The van der Waals surface area contributed by atoms with Crippen LogP contribution in [0.4, 0.5) is 0 Å². The molecule has 1 fully saturated rings. The molecule has 4 rings (SSSR count). The van der Waals surface area contributed by atoms with E-state index in [1.54, 1.807) is 30.8 Å². The lowest BCUT2D eigenvalue weighted by Crippen LogP contribution is -2.59. The van der Waals surface area contributed by atoms with Crippen LogP contribution in [0.25, 0.3) is 10.8 Å². The van der Waals surface area contributed by atoms with Gasteiger partial charge in [-0.3, -0.25) is 24.1 Å². The number of nitrogens with one attached hydrogen (secondary N) is 2. The number of methoxy groups -OCH3 is 1. The third-order valence-electron chi connectivity index (χ3n) is 11.8. The molecule has 0 radical (unpaired) electrons. The Kier molecular flexibility index (Phi) is 18.1. The van der Waals surface area contributed by atoms with E-state index in [2.05, 4.69) is 66.9 Å². The maximum atomic E-state index is 14.2. The Morgan fingerprint density at radius 2 is 1.55 bits per heavy atom. The molecule has 318 valence electrons. The number of benzene rings is 3. The Morgan fingerprint density at radius 3 is 2.17 bits per heavy atom. The molecule has 0 saturated carbocycles. The molecule has 0 spiro atoms. The van der Waals surface area contributed by atoms with Crippen LogP contribution in [-0.4, -0.2) is 109 Å². The number of rotatable bonds is 21. The van der Waals surface area contributed by atoms with Crippen LogP contribution in [0.3, 0.4) is 0 Å². The van der Waals surface area contributed by atoms with E-state index in [0.717, 1.165) is 35.1 Å². The average Bonchev–Trinajstić information content (AvgIpc) is 3.67. The summed E-state index contributed by atoms with van der Waals surface area (Å²) in [6, 6.07) is 23.4. The largest absolute Gasteiger partial charge is 0.379 e. The van der Waals surface area contributed by atoms with Gasteiger partial charge in [0.05, 0.1) is 30.0 Å². The fraction of sp³-hybridized carbons (Fsp3) is 0.574. The van der Waals surface area contributed by atoms with Crippen LogP contribution in [0.1, 0.15) is 85.6 Å². The summed E-state index contributed by atoms with van der Waals surface area (Å²) in [5.41, 5.74) is 1.15. The zero-order valence-corrected chi connectivity index (χ0v) is 37.4. The highest BCUT2D eigenvalue weighted by Crippen LogP contribution is 2.30. The highest BCUT2D eigenvalue weighted by Gasteiger charge is 2.40. The van der Waals surface area contributed by atoms with Crippen LogP contribution in [0.15, 0.2) is 77.7 Å². The van der Waals surface area contributed by atoms with E-state index in [9.17, 15) is 19.2 Å². The number of hydrogen-bond donors (Lipinski definition) is 2. The average molecular weight is 816 g/mol. The summed E-state index contributed by atoms with van der Waals surface area (Å²) in [4.78, 5) is 62.0. The van der Waals surface area contributed by atoms with Crippen LogP contribution in [-0.2, 0) is 30.3 Å². The van der Waals surface area contributed by atoms with Crippen molar-refractivity contribution in [2.75, 3.05) is 34.8 Å². The summed E-state index contributed by atoms with van der Waals surface area (Å²) < 4.78 is 6.06. The van der Waals surface area contributed by atoms with Crippen molar-refractivity contribution in [1.29, 1.82) is 0 Å². The zero-order valence-electron chi connectivity index (χ0n) is 36.6. The van der Waals surface area contributed by atoms with Crippen molar-refractivity contribution in [2.24, 2.45) is 17.8 Å².